The zero-order chi connectivity index (χ0) is 39.8. The molecule has 0 saturated carbocycles. The topological polar surface area (TPSA) is 149 Å². The van der Waals surface area contributed by atoms with Crippen LogP contribution < -0.4 is 0 Å². The zero-order valence-electron chi connectivity index (χ0n) is 33.4. The molecule has 2 unspecified atom stereocenters. The number of ether oxygens (including phenoxy) is 2. The van der Waals surface area contributed by atoms with Crippen molar-refractivity contribution in [3.63, 3.8) is 0 Å². The Balaban J connectivity index is 4.41. The van der Waals surface area contributed by atoms with Gasteiger partial charge in [0.25, 0.3) is 0 Å². The number of aliphatic hydroxyl groups excluding tert-OH is 2. The second kappa shape index (κ2) is 38.7. The molecule has 0 aliphatic carbocycles. The minimum absolute atomic E-state index is 0.131. The van der Waals surface area contributed by atoms with Gasteiger partial charge in [-0.2, -0.15) is 0 Å². The fourth-order valence-corrected chi connectivity index (χ4v) is 5.84. The van der Waals surface area contributed by atoms with Crippen LogP contribution in [0.2, 0.25) is 0 Å². The maximum atomic E-state index is 12.5. The van der Waals surface area contributed by atoms with Crippen LogP contribution in [0.1, 0.15) is 149 Å². The molecule has 0 bridgehead atoms. The number of allylic oxidation sites excluding steroid dienone is 12. The predicted octanol–water partition coefficient (Wildman–Crippen LogP) is 10.5. The lowest BCUT2D eigenvalue weighted by atomic mass is 10.1. The maximum Gasteiger partial charge on any atom is 0.472 e. The largest absolute Gasteiger partial charge is 0.472 e. The number of carbonyl (C=O) groups is 2. The van der Waals surface area contributed by atoms with E-state index in [4.69, 9.17) is 19.1 Å². The molecule has 54 heavy (non-hydrogen) atoms. The van der Waals surface area contributed by atoms with Gasteiger partial charge in [0.05, 0.1) is 19.8 Å². The van der Waals surface area contributed by atoms with Crippen molar-refractivity contribution in [3.05, 3.63) is 72.9 Å². The van der Waals surface area contributed by atoms with Crippen molar-refractivity contribution in [3.8, 4) is 0 Å². The molecule has 0 saturated heterocycles. The molecular formula is C43H73O10P. The molecule has 0 aromatic rings. The van der Waals surface area contributed by atoms with Crippen molar-refractivity contribution in [2.24, 2.45) is 0 Å². The van der Waals surface area contributed by atoms with Gasteiger partial charge in [-0.25, -0.2) is 4.57 Å². The Morgan fingerprint density at radius 1 is 0.574 bits per heavy atom. The van der Waals surface area contributed by atoms with Gasteiger partial charge in [-0.05, 0) is 57.8 Å². The maximum absolute atomic E-state index is 12.5. The number of esters is 2. The quantitative estimate of drug-likeness (QED) is 0.0241. The first-order valence-corrected chi connectivity index (χ1v) is 22.0. The number of phosphoric acid groups is 1. The van der Waals surface area contributed by atoms with Crippen LogP contribution in [0.5, 0.6) is 0 Å². The highest BCUT2D eigenvalue weighted by Crippen LogP contribution is 2.43. The Bertz CT molecular complexity index is 1130. The number of aliphatic hydroxyl groups is 2. The van der Waals surface area contributed by atoms with Crippen molar-refractivity contribution >= 4 is 19.8 Å². The highest BCUT2D eigenvalue weighted by atomic mass is 31.2. The van der Waals surface area contributed by atoms with E-state index in [1.807, 2.05) is 36.5 Å². The van der Waals surface area contributed by atoms with Crippen molar-refractivity contribution < 1.29 is 47.8 Å². The summed E-state index contributed by atoms with van der Waals surface area (Å²) in [4.78, 5) is 34.9. The van der Waals surface area contributed by atoms with Crippen molar-refractivity contribution in [1.29, 1.82) is 0 Å². The van der Waals surface area contributed by atoms with E-state index in [1.54, 1.807) is 0 Å². The fraction of sp³-hybridized carbons (Fsp3) is 0.674. The first-order chi connectivity index (χ1) is 26.2. The average molecular weight is 781 g/mol. The van der Waals surface area contributed by atoms with Crippen molar-refractivity contribution in [2.75, 3.05) is 26.4 Å². The van der Waals surface area contributed by atoms with E-state index >= 15 is 0 Å². The molecule has 0 heterocycles. The van der Waals surface area contributed by atoms with E-state index in [2.05, 4.69) is 54.8 Å². The summed E-state index contributed by atoms with van der Waals surface area (Å²) in [6.07, 6.45) is 43.0. The van der Waals surface area contributed by atoms with Crippen LogP contribution in [0.4, 0.5) is 0 Å². The standard InChI is InChI=1S/C43H73O10P/c1-3-5-7-9-11-13-15-17-18-19-20-21-23-24-26-28-30-32-34-42(46)50-38-41(39-52-54(48,49)51-37-40(45)36-44)53-43(47)35-33-31-29-27-25-22-16-14-12-10-8-6-4-2/h6,8,10,12,14,16,18-22,25,40-41,44-45H,3-5,7,9,11,13,15,17,23-24,26-39H2,1-2H3,(H,48,49)/b8-6+,12-10+,16-14+,19-18+,21-20+,25-22+/t40-,41?/m1/s1. The fourth-order valence-electron chi connectivity index (χ4n) is 5.05. The number of hydrogen-bond acceptors (Lipinski definition) is 9. The normalized spacial score (nSPS) is 14.7. The number of carbonyl (C=O) groups excluding carboxylic acids is 2. The zero-order valence-corrected chi connectivity index (χ0v) is 34.3. The molecule has 0 amide bonds. The molecule has 3 atom stereocenters. The molecule has 0 aliphatic heterocycles. The molecule has 0 radical (unpaired) electrons. The van der Waals surface area contributed by atoms with Gasteiger partial charge in [0, 0.05) is 12.8 Å². The Morgan fingerprint density at radius 2 is 1.02 bits per heavy atom. The molecule has 0 spiro atoms. The number of unbranched alkanes of at least 4 members (excludes halogenated alkanes) is 15. The molecule has 3 N–H and O–H groups in total. The smallest absolute Gasteiger partial charge is 0.462 e. The van der Waals surface area contributed by atoms with E-state index in [9.17, 15) is 24.2 Å². The van der Waals surface area contributed by atoms with Gasteiger partial charge >= 0.3 is 19.8 Å². The molecule has 0 rings (SSSR count). The summed E-state index contributed by atoms with van der Waals surface area (Å²) >= 11 is 0. The first kappa shape index (κ1) is 51.4. The summed E-state index contributed by atoms with van der Waals surface area (Å²) < 4.78 is 32.6. The lowest BCUT2D eigenvalue weighted by Crippen LogP contribution is -2.29. The van der Waals surface area contributed by atoms with E-state index in [-0.39, 0.29) is 19.4 Å². The summed E-state index contributed by atoms with van der Waals surface area (Å²) in [5, 5.41) is 18.3. The second-order valence-electron chi connectivity index (χ2n) is 13.4. The van der Waals surface area contributed by atoms with E-state index in [1.165, 1.54) is 44.9 Å². The van der Waals surface area contributed by atoms with Crippen LogP contribution in [0.3, 0.4) is 0 Å². The Hall–Kier alpha value is -2.59. The summed E-state index contributed by atoms with van der Waals surface area (Å²) in [7, 11) is -4.63. The second-order valence-corrected chi connectivity index (χ2v) is 14.9. The van der Waals surface area contributed by atoms with Crippen molar-refractivity contribution in [1.82, 2.24) is 0 Å². The molecule has 0 aliphatic rings. The molecule has 0 aromatic carbocycles. The van der Waals surface area contributed by atoms with Crippen LogP contribution in [-0.4, -0.2) is 65.7 Å². The Morgan fingerprint density at radius 3 is 1.57 bits per heavy atom. The number of phosphoric ester groups is 1. The van der Waals surface area contributed by atoms with Gasteiger partial charge in [-0.15, -0.1) is 0 Å². The summed E-state index contributed by atoms with van der Waals surface area (Å²) in [6.45, 7) is 2.14. The molecule has 10 nitrogen and oxygen atoms in total. The van der Waals surface area contributed by atoms with Gasteiger partial charge in [0.1, 0.15) is 12.7 Å². The van der Waals surface area contributed by atoms with Gasteiger partial charge < -0.3 is 24.6 Å². The van der Waals surface area contributed by atoms with Crippen molar-refractivity contribution in [2.45, 2.75) is 161 Å². The third kappa shape index (κ3) is 37.7. The van der Waals surface area contributed by atoms with Crippen LogP contribution in [0.15, 0.2) is 72.9 Å². The van der Waals surface area contributed by atoms with E-state index in [0.717, 1.165) is 64.2 Å². The highest BCUT2D eigenvalue weighted by molar-refractivity contribution is 7.47. The van der Waals surface area contributed by atoms with Gasteiger partial charge in [0.2, 0.25) is 0 Å². The lowest BCUT2D eigenvalue weighted by Gasteiger charge is -2.20. The molecule has 0 aromatic heterocycles. The number of rotatable bonds is 37. The van der Waals surface area contributed by atoms with Crippen LogP contribution in [-0.2, 0) is 32.7 Å². The summed E-state index contributed by atoms with van der Waals surface area (Å²) in [6, 6.07) is 0. The minimum Gasteiger partial charge on any atom is -0.462 e. The van der Waals surface area contributed by atoms with Crippen LogP contribution in [0.25, 0.3) is 0 Å². The monoisotopic (exact) mass is 780 g/mol. The predicted molar refractivity (Wildman–Crippen MR) is 219 cm³/mol. The number of hydrogen-bond donors (Lipinski definition) is 3. The third-order valence-corrected chi connectivity index (χ3v) is 9.17. The van der Waals surface area contributed by atoms with E-state index in [0.29, 0.717) is 12.8 Å². The molecule has 0 fully saturated rings. The molecule has 11 heteroatoms. The van der Waals surface area contributed by atoms with Crippen LogP contribution >= 0.6 is 7.82 Å². The van der Waals surface area contributed by atoms with Gasteiger partial charge in [-0.1, -0.05) is 151 Å². The molecule has 310 valence electrons. The van der Waals surface area contributed by atoms with Gasteiger partial charge in [-0.3, -0.25) is 18.6 Å². The minimum atomic E-state index is -4.63. The first-order valence-electron chi connectivity index (χ1n) is 20.5. The SMILES string of the molecule is CC/C=C/C=C/C=C/C=C/CCCCCC(=O)OC(COC(=O)CCCCCCC/C=C/C=C/CCCCCCCCC)COP(=O)(O)OC[C@H](O)CO. The third-order valence-electron chi connectivity index (χ3n) is 8.22. The summed E-state index contributed by atoms with van der Waals surface area (Å²) in [5.41, 5.74) is 0. The van der Waals surface area contributed by atoms with Gasteiger partial charge in [0.15, 0.2) is 6.10 Å². The summed E-state index contributed by atoms with van der Waals surface area (Å²) in [5.74, 6) is -0.996. The highest BCUT2D eigenvalue weighted by Gasteiger charge is 2.27. The molecular weight excluding hydrogens is 707 g/mol. The average Bonchev–Trinajstić information content (AvgIpc) is 3.16. The van der Waals surface area contributed by atoms with E-state index < -0.39 is 51.8 Å². The Labute approximate surface area is 327 Å². The van der Waals surface area contributed by atoms with Crippen LogP contribution in [0, 0.1) is 0 Å². The lowest BCUT2D eigenvalue weighted by molar-refractivity contribution is -0.161. The Kier molecular flexibility index (Phi) is 36.8.